The highest BCUT2D eigenvalue weighted by Crippen LogP contribution is 2.22. The summed E-state index contributed by atoms with van der Waals surface area (Å²) >= 11 is 0. The summed E-state index contributed by atoms with van der Waals surface area (Å²) in [4.78, 5) is 74.4. The molecule has 2 aromatic rings. The van der Waals surface area contributed by atoms with Gasteiger partial charge in [-0.15, -0.1) is 0 Å². The molecule has 0 aliphatic carbocycles. The molecule has 2 atom stereocenters. The van der Waals surface area contributed by atoms with Crippen molar-refractivity contribution >= 4 is 35.5 Å². The zero-order valence-corrected chi connectivity index (χ0v) is 20.3. The van der Waals surface area contributed by atoms with Crippen LogP contribution >= 0.6 is 0 Å². The number of nitrogens with one attached hydrogen (secondary N) is 2. The van der Waals surface area contributed by atoms with Gasteiger partial charge >= 0.3 is 5.97 Å². The van der Waals surface area contributed by atoms with Gasteiger partial charge in [-0.05, 0) is 31.0 Å². The van der Waals surface area contributed by atoms with Crippen LogP contribution in [0, 0.1) is 0 Å². The lowest BCUT2D eigenvalue weighted by Crippen LogP contribution is -2.52. The Kier molecular flexibility index (Phi) is 9.09. The summed E-state index contributed by atoms with van der Waals surface area (Å²) in [5, 5.41) is 4.88. The third kappa shape index (κ3) is 7.23. The van der Waals surface area contributed by atoms with Gasteiger partial charge in [0.15, 0.2) is 0 Å². The van der Waals surface area contributed by atoms with Crippen molar-refractivity contribution in [3.63, 3.8) is 0 Å². The van der Waals surface area contributed by atoms with E-state index in [2.05, 4.69) is 10.6 Å². The Hall–Kier alpha value is -4.54. The number of nitrogens with two attached hydrogens (primary N) is 1. The van der Waals surface area contributed by atoms with E-state index in [-0.39, 0.29) is 43.5 Å². The molecule has 3 rings (SSSR count). The highest BCUT2D eigenvalue weighted by molar-refractivity contribution is 6.21. The van der Waals surface area contributed by atoms with Crippen LogP contribution in [0.5, 0.6) is 0 Å². The molecular weight excluding hydrogens is 480 g/mol. The van der Waals surface area contributed by atoms with Crippen molar-refractivity contribution in [3.05, 3.63) is 71.3 Å². The summed E-state index contributed by atoms with van der Waals surface area (Å²) in [6.45, 7) is 1.33. The Bertz CT molecular complexity index is 1160. The molecule has 0 unspecified atom stereocenters. The van der Waals surface area contributed by atoms with E-state index in [0.29, 0.717) is 0 Å². The van der Waals surface area contributed by atoms with Gasteiger partial charge in [0.1, 0.15) is 18.7 Å². The maximum absolute atomic E-state index is 12.5. The van der Waals surface area contributed by atoms with Crippen LogP contribution in [0.25, 0.3) is 0 Å². The molecule has 1 aliphatic rings. The van der Waals surface area contributed by atoms with Crippen LogP contribution in [0.4, 0.5) is 0 Å². The summed E-state index contributed by atoms with van der Waals surface area (Å²) < 4.78 is 5.16. The third-order valence-electron chi connectivity index (χ3n) is 5.75. The van der Waals surface area contributed by atoms with Gasteiger partial charge in [-0.1, -0.05) is 42.5 Å². The fraction of sp³-hybridized carbons (Fsp3) is 0.308. The number of carbonyl (C=O) groups excluding carboxylic acids is 6. The molecule has 0 aromatic heterocycles. The molecule has 1 aliphatic heterocycles. The first kappa shape index (κ1) is 27.1. The maximum Gasteiger partial charge on any atom is 0.306 e. The average molecular weight is 509 g/mol. The number of hydrogen-bond acceptors (Lipinski definition) is 7. The van der Waals surface area contributed by atoms with E-state index in [4.69, 9.17) is 10.5 Å². The van der Waals surface area contributed by atoms with Crippen LogP contribution in [-0.4, -0.2) is 59.0 Å². The molecule has 0 saturated heterocycles. The lowest BCUT2D eigenvalue weighted by molar-refractivity contribution is -0.145. The molecule has 2 aromatic carbocycles. The summed E-state index contributed by atoms with van der Waals surface area (Å²) in [5.41, 5.74) is 6.72. The summed E-state index contributed by atoms with van der Waals surface area (Å²) in [7, 11) is 0. The van der Waals surface area contributed by atoms with E-state index in [1.807, 2.05) is 18.2 Å². The number of rotatable bonds is 12. The second kappa shape index (κ2) is 12.4. The number of hydrogen-bond donors (Lipinski definition) is 3. The monoisotopic (exact) mass is 508 g/mol. The number of fused-ring (bicyclic) bond motifs is 1. The van der Waals surface area contributed by atoms with Crippen molar-refractivity contribution in [1.82, 2.24) is 15.5 Å². The summed E-state index contributed by atoms with van der Waals surface area (Å²) in [5.74, 6) is -3.61. The maximum atomic E-state index is 12.5. The van der Waals surface area contributed by atoms with E-state index in [1.54, 1.807) is 36.4 Å². The van der Waals surface area contributed by atoms with Gasteiger partial charge in [0.05, 0.1) is 11.1 Å². The van der Waals surface area contributed by atoms with Gasteiger partial charge < -0.3 is 21.1 Å². The first-order valence-corrected chi connectivity index (χ1v) is 11.7. The van der Waals surface area contributed by atoms with Crippen molar-refractivity contribution in [3.8, 4) is 0 Å². The molecule has 5 amide bonds. The average Bonchev–Trinajstić information content (AvgIpc) is 3.13. The number of carbonyl (C=O) groups is 6. The van der Waals surface area contributed by atoms with Crippen molar-refractivity contribution in [1.29, 1.82) is 0 Å². The fourth-order valence-corrected chi connectivity index (χ4v) is 3.69. The predicted molar refractivity (Wildman–Crippen MR) is 131 cm³/mol. The second-order valence-corrected chi connectivity index (χ2v) is 8.50. The Morgan fingerprint density at radius 2 is 1.49 bits per heavy atom. The molecule has 0 radical (unpaired) electrons. The van der Waals surface area contributed by atoms with Gasteiger partial charge in [0.25, 0.3) is 11.8 Å². The quantitative estimate of drug-likeness (QED) is 0.280. The highest BCUT2D eigenvalue weighted by Gasteiger charge is 2.35. The Morgan fingerprint density at radius 1 is 0.892 bits per heavy atom. The first-order chi connectivity index (χ1) is 17.7. The third-order valence-corrected chi connectivity index (χ3v) is 5.75. The molecule has 11 nitrogen and oxygen atoms in total. The standard InChI is InChI=1S/C26H28N4O7/c1-16(28-21(31)13-14-30-25(35)18-9-5-6-10-19(18)26(30)36)24(34)29-20(23(27)33)11-12-22(32)37-15-17-7-3-2-4-8-17/h2-10,16,20H,11-15H2,1H3,(H2,27,33)(H,28,31)(H,29,34)/t16-,20+/m0/s1. The summed E-state index contributed by atoms with van der Waals surface area (Å²) in [6, 6.07) is 13.3. The molecule has 11 heteroatoms. The lowest BCUT2D eigenvalue weighted by atomic mass is 10.1. The van der Waals surface area contributed by atoms with Crippen LogP contribution in [0.15, 0.2) is 54.6 Å². The number of nitrogens with zero attached hydrogens (tertiary/aromatic N) is 1. The number of ether oxygens (including phenoxy) is 1. The van der Waals surface area contributed by atoms with Crippen molar-refractivity contribution in [2.75, 3.05) is 6.54 Å². The van der Waals surface area contributed by atoms with Crippen LogP contribution in [0.1, 0.15) is 52.5 Å². The highest BCUT2D eigenvalue weighted by atomic mass is 16.5. The Morgan fingerprint density at radius 3 is 2.08 bits per heavy atom. The van der Waals surface area contributed by atoms with Gasteiger partial charge in [-0.2, -0.15) is 0 Å². The molecule has 37 heavy (non-hydrogen) atoms. The molecule has 0 saturated carbocycles. The van der Waals surface area contributed by atoms with Crippen LogP contribution in [-0.2, 0) is 30.5 Å². The van der Waals surface area contributed by atoms with Crippen LogP contribution < -0.4 is 16.4 Å². The van der Waals surface area contributed by atoms with Crippen LogP contribution in [0.3, 0.4) is 0 Å². The van der Waals surface area contributed by atoms with Gasteiger partial charge in [0, 0.05) is 19.4 Å². The van der Waals surface area contributed by atoms with Gasteiger partial charge in [-0.25, -0.2) is 0 Å². The first-order valence-electron chi connectivity index (χ1n) is 11.7. The van der Waals surface area contributed by atoms with Gasteiger partial charge in [0.2, 0.25) is 17.7 Å². The zero-order chi connectivity index (χ0) is 26.9. The molecular formula is C26H28N4O7. The van der Waals surface area contributed by atoms with E-state index >= 15 is 0 Å². The molecule has 194 valence electrons. The van der Waals surface area contributed by atoms with Gasteiger partial charge in [-0.3, -0.25) is 33.7 Å². The number of imide groups is 1. The molecule has 0 spiro atoms. The summed E-state index contributed by atoms with van der Waals surface area (Å²) in [6.07, 6.45) is -0.438. The molecule has 4 N–H and O–H groups in total. The van der Waals surface area contributed by atoms with Crippen LogP contribution in [0.2, 0.25) is 0 Å². The predicted octanol–water partition coefficient (Wildman–Crippen LogP) is 0.671. The number of primary amides is 1. The minimum absolute atomic E-state index is 0.0743. The van der Waals surface area contributed by atoms with E-state index < -0.39 is 47.6 Å². The Labute approximate surface area is 213 Å². The van der Waals surface area contributed by atoms with E-state index in [0.717, 1.165) is 10.5 Å². The smallest absolute Gasteiger partial charge is 0.306 e. The molecule has 1 heterocycles. The Balaban J connectivity index is 1.42. The molecule has 0 bridgehead atoms. The van der Waals surface area contributed by atoms with E-state index in [9.17, 15) is 28.8 Å². The number of amides is 5. The number of benzene rings is 2. The lowest BCUT2D eigenvalue weighted by Gasteiger charge is -2.20. The SMILES string of the molecule is C[C@H](NC(=O)CCN1C(=O)c2ccccc2C1=O)C(=O)N[C@H](CCC(=O)OCc1ccccc1)C(N)=O. The van der Waals surface area contributed by atoms with Crippen molar-refractivity contribution in [2.45, 2.75) is 44.9 Å². The zero-order valence-electron chi connectivity index (χ0n) is 20.3. The second-order valence-electron chi connectivity index (χ2n) is 8.50. The van der Waals surface area contributed by atoms with E-state index in [1.165, 1.54) is 6.92 Å². The minimum Gasteiger partial charge on any atom is -0.461 e. The minimum atomic E-state index is -1.14. The largest absolute Gasteiger partial charge is 0.461 e. The number of esters is 1. The fourth-order valence-electron chi connectivity index (χ4n) is 3.69. The topological polar surface area (TPSA) is 165 Å². The normalized spacial score (nSPS) is 13.9. The van der Waals surface area contributed by atoms with Crippen molar-refractivity contribution < 1.29 is 33.5 Å². The van der Waals surface area contributed by atoms with Crippen molar-refractivity contribution in [2.24, 2.45) is 5.73 Å². The molecule has 0 fully saturated rings.